The van der Waals surface area contributed by atoms with E-state index in [-0.39, 0.29) is 40.2 Å². The third-order valence-electron chi connectivity index (χ3n) is 6.73. The number of alkyl halides is 2. The number of fused-ring (bicyclic) bond motifs is 1. The van der Waals surface area contributed by atoms with Crippen molar-refractivity contribution in [3.8, 4) is 0 Å². The van der Waals surface area contributed by atoms with Gasteiger partial charge in [0.1, 0.15) is 22.9 Å². The summed E-state index contributed by atoms with van der Waals surface area (Å²) in [7, 11) is 2.99. The molecule has 0 radical (unpaired) electrons. The number of nitrogens with zero attached hydrogens (tertiary/aromatic N) is 5. The first-order valence-corrected chi connectivity index (χ1v) is 13.2. The van der Waals surface area contributed by atoms with Crippen molar-refractivity contribution < 1.29 is 27.8 Å². The van der Waals surface area contributed by atoms with Crippen LogP contribution in [-0.2, 0) is 9.47 Å². The third-order valence-corrected chi connectivity index (χ3v) is 6.73. The van der Waals surface area contributed by atoms with Gasteiger partial charge in [0.15, 0.2) is 11.4 Å². The number of anilines is 3. The maximum Gasteiger partial charge on any atom is 0.415 e. The molecule has 41 heavy (non-hydrogen) atoms. The monoisotopic (exact) mass is 575 g/mol. The van der Waals surface area contributed by atoms with Crippen molar-refractivity contribution in [3.63, 3.8) is 0 Å². The molecule has 222 valence electrons. The number of nitrogens with one attached hydrogen (secondary N) is 1. The zero-order valence-electron chi connectivity index (χ0n) is 23.7. The van der Waals surface area contributed by atoms with E-state index < -0.39 is 42.1 Å². The van der Waals surface area contributed by atoms with E-state index in [1.165, 1.54) is 52.6 Å². The lowest BCUT2D eigenvalue weighted by Crippen LogP contribution is -2.41. The number of carbonyl (C=O) groups excluding carboxylic acids is 2. The van der Waals surface area contributed by atoms with Gasteiger partial charge in [0.05, 0.1) is 18.4 Å². The maximum atomic E-state index is 13.4. The number of ether oxygens (including phenoxy) is 2. The van der Waals surface area contributed by atoms with Gasteiger partial charge in [-0.2, -0.15) is 9.61 Å². The Morgan fingerprint density at radius 2 is 1.98 bits per heavy atom. The molecule has 1 saturated heterocycles. The summed E-state index contributed by atoms with van der Waals surface area (Å²) in [6.07, 6.45) is 1.97. The number of carbonyl (C=O) groups is 2. The first-order chi connectivity index (χ1) is 19.3. The summed E-state index contributed by atoms with van der Waals surface area (Å²) in [5, 5.41) is 7.27. The fourth-order valence-corrected chi connectivity index (χ4v) is 4.67. The number of aromatic nitrogens is 4. The fraction of sp³-hybridized carbons (Fsp3) is 0.519. The Morgan fingerprint density at radius 3 is 2.59 bits per heavy atom. The highest BCUT2D eigenvalue weighted by molar-refractivity contribution is 6.03. The fourth-order valence-electron chi connectivity index (χ4n) is 4.67. The second kappa shape index (κ2) is 11.5. The van der Waals surface area contributed by atoms with Gasteiger partial charge in [-0.3, -0.25) is 14.5 Å². The lowest BCUT2D eigenvalue weighted by Gasteiger charge is -2.36. The Balaban J connectivity index is 0.00000189. The van der Waals surface area contributed by atoms with Crippen LogP contribution in [0.5, 0.6) is 0 Å². The first kappa shape index (κ1) is 30.1. The number of ketones is 1. The molecule has 0 spiro atoms. The molecule has 1 saturated carbocycles. The average molecular weight is 576 g/mol. The molecular weight excluding hydrogens is 540 g/mol. The number of pyridine rings is 1. The molecule has 3 aromatic rings. The van der Waals surface area contributed by atoms with Crippen molar-refractivity contribution in [3.05, 3.63) is 46.5 Å². The van der Waals surface area contributed by atoms with Crippen molar-refractivity contribution in [2.45, 2.75) is 57.6 Å². The lowest BCUT2D eigenvalue weighted by molar-refractivity contribution is -0.104. The van der Waals surface area contributed by atoms with E-state index in [2.05, 4.69) is 21.1 Å². The highest BCUT2D eigenvalue weighted by Crippen LogP contribution is 2.44. The Kier molecular flexibility index (Phi) is 8.45. The second-order valence-corrected chi connectivity index (χ2v) is 10.9. The number of hydrogen-bond acceptors (Lipinski definition) is 9. The second-order valence-electron chi connectivity index (χ2n) is 10.9. The molecule has 14 heteroatoms. The highest BCUT2D eigenvalue weighted by atomic mass is 19.3. The third kappa shape index (κ3) is 6.38. The predicted molar refractivity (Wildman–Crippen MR) is 148 cm³/mol. The van der Waals surface area contributed by atoms with Crippen LogP contribution < -0.4 is 21.5 Å². The average Bonchev–Trinajstić information content (AvgIpc) is 3.58. The van der Waals surface area contributed by atoms with Crippen LogP contribution in [0.25, 0.3) is 5.65 Å². The molecule has 0 aromatic carbocycles. The van der Waals surface area contributed by atoms with E-state index in [1.807, 2.05) is 0 Å². The number of Topliss-reactive ketones (excluding diaryl/α,β-unsaturated/α-hetero) is 1. The summed E-state index contributed by atoms with van der Waals surface area (Å²) < 4.78 is 40.4. The van der Waals surface area contributed by atoms with Crippen LogP contribution in [0.3, 0.4) is 0 Å². The highest BCUT2D eigenvalue weighted by Gasteiger charge is 2.46. The summed E-state index contributed by atoms with van der Waals surface area (Å²) in [5.41, 5.74) is 3.77. The van der Waals surface area contributed by atoms with Gasteiger partial charge in [-0.15, -0.1) is 0 Å². The van der Waals surface area contributed by atoms with E-state index in [1.54, 1.807) is 26.8 Å². The predicted octanol–water partition coefficient (Wildman–Crippen LogP) is 3.77. The van der Waals surface area contributed by atoms with E-state index in [9.17, 15) is 23.2 Å². The largest absolute Gasteiger partial charge is 0.443 e. The normalized spacial score (nSPS) is 18.3. The van der Waals surface area contributed by atoms with Gasteiger partial charge in [-0.1, -0.05) is 0 Å². The molecule has 2 fully saturated rings. The molecule has 1 atom stereocenters. The molecule has 3 aromatic heterocycles. The minimum Gasteiger partial charge on any atom is -0.443 e. The number of amides is 1. The summed E-state index contributed by atoms with van der Waals surface area (Å²) in [4.78, 5) is 45.1. The minimum absolute atomic E-state index is 0.104. The number of nitrogens with two attached hydrogens (primary N) is 1. The molecule has 1 unspecified atom stereocenters. The van der Waals surface area contributed by atoms with Crippen LogP contribution in [-0.4, -0.2) is 69.9 Å². The molecule has 2 aliphatic rings. The van der Waals surface area contributed by atoms with E-state index >= 15 is 0 Å². The topological polar surface area (TPSA) is 146 Å². The summed E-state index contributed by atoms with van der Waals surface area (Å²) in [6.45, 7) is 5.99. The maximum absolute atomic E-state index is 13.4. The first-order valence-electron chi connectivity index (χ1n) is 13.2. The van der Waals surface area contributed by atoms with Gasteiger partial charge in [0.25, 0.3) is 11.5 Å². The molecule has 0 bridgehead atoms. The van der Waals surface area contributed by atoms with Gasteiger partial charge < -0.3 is 25.1 Å². The Bertz CT molecular complexity index is 1480. The Labute approximate surface area is 235 Å². The number of hydrogen-bond donors (Lipinski definition) is 2. The Morgan fingerprint density at radius 1 is 1.27 bits per heavy atom. The van der Waals surface area contributed by atoms with Crippen molar-refractivity contribution in [2.75, 3.05) is 37.5 Å². The quantitative estimate of drug-likeness (QED) is 0.419. The van der Waals surface area contributed by atoms with E-state index in [0.717, 1.165) is 0 Å². The smallest absolute Gasteiger partial charge is 0.415 e. The van der Waals surface area contributed by atoms with Gasteiger partial charge >= 0.3 is 6.09 Å². The zero-order valence-corrected chi connectivity index (χ0v) is 23.7. The van der Waals surface area contributed by atoms with Crippen molar-refractivity contribution in [1.29, 1.82) is 0 Å². The van der Waals surface area contributed by atoms with Crippen LogP contribution >= 0.6 is 0 Å². The summed E-state index contributed by atoms with van der Waals surface area (Å²) in [5.74, 6) is -2.93. The molecule has 5 rings (SSSR count). The number of halogens is 2. The van der Waals surface area contributed by atoms with Crippen LogP contribution in [0, 0.1) is 5.92 Å². The molecule has 1 amide bonds. The van der Waals surface area contributed by atoms with Crippen molar-refractivity contribution in [1.82, 2.24) is 19.2 Å². The van der Waals surface area contributed by atoms with Crippen LogP contribution in [0.2, 0.25) is 0 Å². The molecule has 3 N–H and O–H groups in total. The zero-order chi connectivity index (χ0) is 30.1. The van der Waals surface area contributed by atoms with Gasteiger partial charge in [0.2, 0.25) is 0 Å². The standard InChI is InChI=1S/C26H30F2N6O5.CH5N/c1-25(2,3)39-24(37)32(4)20-10-19(30-18-6-5-8-33(23(18)36)16-11-26(27,28)12-16)31-22-17(13-29-34(20)22)21(35)15-7-9-38-14-15;1-2/h5-6,8,10,13,15-16H,7,9,11-12,14H2,1-4H3,(H,30,31);2H2,1H3. The van der Waals surface area contributed by atoms with E-state index in [0.29, 0.717) is 19.6 Å². The summed E-state index contributed by atoms with van der Waals surface area (Å²) >= 11 is 0. The van der Waals surface area contributed by atoms with Crippen molar-refractivity contribution in [2.24, 2.45) is 11.7 Å². The lowest BCUT2D eigenvalue weighted by atomic mass is 9.88. The molecule has 1 aliphatic heterocycles. The number of rotatable bonds is 6. The van der Waals surface area contributed by atoms with Crippen molar-refractivity contribution >= 4 is 34.8 Å². The molecule has 1 aliphatic carbocycles. The molecular formula is C27H35F2N7O5. The van der Waals surface area contributed by atoms with Gasteiger partial charge in [-0.25, -0.2) is 18.6 Å². The molecule has 12 nitrogen and oxygen atoms in total. The van der Waals surface area contributed by atoms with Crippen LogP contribution in [0.4, 0.5) is 30.9 Å². The summed E-state index contributed by atoms with van der Waals surface area (Å²) in [6, 6.07) is 3.98. The van der Waals surface area contributed by atoms with Gasteiger partial charge in [0, 0.05) is 50.7 Å². The SMILES string of the molecule is CN.CN(C(=O)OC(C)(C)C)c1cc(Nc2cccn(C3CC(F)(F)C3)c2=O)nc2c(C(=O)C3CCOC3)cnn12. The van der Waals surface area contributed by atoms with Crippen LogP contribution in [0.1, 0.15) is 56.4 Å². The van der Waals surface area contributed by atoms with E-state index in [4.69, 9.17) is 9.47 Å². The minimum atomic E-state index is -2.78. The van der Waals surface area contributed by atoms with Crippen LogP contribution in [0.15, 0.2) is 35.4 Å². The van der Waals surface area contributed by atoms with Gasteiger partial charge in [-0.05, 0) is 46.4 Å². The Hall–Kier alpha value is -3.91. The molecule has 4 heterocycles.